The average Bonchev–Trinajstić information content (AvgIpc) is 2.92. The molecule has 7 heteroatoms. The molecule has 0 unspecified atom stereocenters. The van der Waals surface area contributed by atoms with Crippen LogP contribution in [0.4, 0.5) is 5.69 Å². The third kappa shape index (κ3) is 5.00. The summed E-state index contributed by atoms with van der Waals surface area (Å²) in [7, 11) is -1.97. The van der Waals surface area contributed by atoms with Crippen LogP contribution in [0.5, 0.6) is 5.75 Å². The summed E-state index contributed by atoms with van der Waals surface area (Å²) in [5, 5.41) is 3.04. The van der Waals surface area contributed by atoms with Gasteiger partial charge in [-0.05, 0) is 122 Å². The van der Waals surface area contributed by atoms with E-state index in [4.69, 9.17) is 4.74 Å². The predicted octanol–water partition coefficient (Wildman–Crippen LogP) is 5.91. The molecule has 0 radical (unpaired) electrons. The van der Waals surface area contributed by atoms with E-state index >= 15 is 0 Å². The van der Waals surface area contributed by atoms with E-state index in [2.05, 4.69) is 29.6 Å². The molecule has 5 aliphatic rings. The Labute approximate surface area is 227 Å². The normalized spacial score (nSPS) is 28.8. The second-order valence-corrected chi connectivity index (χ2v) is 14.2. The fourth-order valence-electron chi connectivity index (χ4n) is 8.21. The molecule has 0 atom stereocenters. The second-order valence-electron chi connectivity index (χ2n) is 12.3. The van der Waals surface area contributed by atoms with Crippen molar-refractivity contribution in [1.29, 1.82) is 0 Å². The molecule has 5 fully saturated rings. The van der Waals surface area contributed by atoms with E-state index in [1.165, 1.54) is 44.1 Å². The fourth-order valence-corrected chi connectivity index (χ4v) is 9.78. The number of hydrogen-bond acceptors (Lipinski definition) is 4. The van der Waals surface area contributed by atoms with E-state index in [1.807, 2.05) is 0 Å². The van der Waals surface area contributed by atoms with Crippen molar-refractivity contribution >= 4 is 21.6 Å². The highest BCUT2D eigenvalue weighted by Gasteiger charge is 2.51. The van der Waals surface area contributed by atoms with Crippen LogP contribution in [0.3, 0.4) is 0 Å². The molecule has 4 aliphatic carbocycles. The molecule has 2 aromatic carbocycles. The Morgan fingerprint density at radius 3 is 2.18 bits per heavy atom. The lowest BCUT2D eigenvalue weighted by Gasteiger charge is -2.57. The number of carbonyl (C=O) groups is 1. The summed E-state index contributed by atoms with van der Waals surface area (Å²) in [6.45, 7) is 1.13. The van der Waals surface area contributed by atoms with E-state index in [9.17, 15) is 13.2 Å². The van der Waals surface area contributed by atoms with Gasteiger partial charge in [0.2, 0.25) is 15.9 Å². The molecule has 0 spiro atoms. The number of aryl methyl sites for hydroxylation is 1. The average molecular weight is 537 g/mol. The summed E-state index contributed by atoms with van der Waals surface area (Å²) in [5.41, 5.74) is 3.36. The molecule has 7 rings (SSSR count). The second kappa shape index (κ2) is 10.3. The molecule has 1 heterocycles. The Hall–Kier alpha value is -2.38. The van der Waals surface area contributed by atoms with Crippen LogP contribution in [0.2, 0.25) is 0 Å². The SMILES string of the molecule is COc1ccc(S(=O)(=O)N2CCCCC2)cc1CCC(=O)Nc1ccc(C23CC4CC(CC(C4)C2)C3)cc1. The summed E-state index contributed by atoms with van der Waals surface area (Å²) < 4.78 is 33.4. The molecule has 1 saturated heterocycles. The number of piperidine rings is 1. The summed E-state index contributed by atoms with van der Waals surface area (Å²) in [6.07, 6.45) is 11.8. The molecule has 2 aromatic rings. The molecule has 1 amide bonds. The van der Waals surface area contributed by atoms with Crippen molar-refractivity contribution in [2.75, 3.05) is 25.5 Å². The number of anilines is 1. The number of methoxy groups -OCH3 is 1. The fraction of sp³-hybridized carbons (Fsp3) is 0.581. The van der Waals surface area contributed by atoms with E-state index in [-0.39, 0.29) is 17.2 Å². The minimum absolute atomic E-state index is 0.0844. The maximum Gasteiger partial charge on any atom is 0.243 e. The van der Waals surface area contributed by atoms with Crippen molar-refractivity contribution in [3.8, 4) is 5.75 Å². The lowest BCUT2D eigenvalue weighted by Crippen LogP contribution is -2.48. The number of sulfonamides is 1. The van der Waals surface area contributed by atoms with Gasteiger partial charge in [-0.2, -0.15) is 4.31 Å². The topological polar surface area (TPSA) is 75.7 Å². The van der Waals surface area contributed by atoms with Crippen LogP contribution in [-0.4, -0.2) is 38.8 Å². The first-order valence-corrected chi connectivity index (χ1v) is 15.9. The van der Waals surface area contributed by atoms with Crippen LogP contribution >= 0.6 is 0 Å². The van der Waals surface area contributed by atoms with Gasteiger partial charge in [-0.25, -0.2) is 8.42 Å². The van der Waals surface area contributed by atoms with Crippen molar-refractivity contribution in [2.24, 2.45) is 17.8 Å². The third-order valence-electron chi connectivity index (χ3n) is 9.65. The van der Waals surface area contributed by atoms with Crippen LogP contribution in [-0.2, 0) is 26.7 Å². The van der Waals surface area contributed by atoms with E-state index in [0.29, 0.717) is 30.7 Å². The van der Waals surface area contributed by atoms with Gasteiger partial charge in [0.05, 0.1) is 12.0 Å². The Morgan fingerprint density at radius 1 is 0.947 bits per heavy atom. The molecule has 0 aromatic heterocycles. The number of rotatable bonds is 8. The van der Waals surface area contributed by atoms with Gasteiger partial charge in [0.25, 0.3) is 0 Å². The van der Waals surface area contributed by atoms with Crippen LogP contribution in [0, 0.1) is 17.8 Å². The first kappa shape index (κ1) is 25.9. The molecule has 1 aliphatic heterocycles. The lowest BCUT2D eigenvalue weighted by molar-refractivity contribution is -0.116. The highest BCUT2D eigenvalue weighted by Crippen LogP contribution is 2.60. The molecule has 1 N–H and O–H groups in total. The van der Waals surface area contributed by atoms with Crippen LogP contribution in [0.1, 0.15) is 75.3 Å². The molecule has 4 bridgehead atoms. The Balaban J connectivity index is 1.10. The summed E-state index contributed by atoms with van der Waals surface area (Å²) >= 11 is 0. The van der Waals surface area contributed by atoms with Gasteiger partial charge in [0, 0.05) is 25.2 Å². The van der Waals surface area contributed by atoms with Gasteiger partial charge in [0.15, 0.2) is 0 Å². The largest absolute Gasteiger partial charge is 0.496 e. The Kier molecular flexibility index (Phi) is 7.02. The monoisotopic (exact) mass is 536 g/mol. The number of benzene rings is 2. The zero-order chi connectivity index (χ0) is 26.3. The van der Waals surface area contributed by atoms with Gasteiger partial charge >= 0.3 is 0 Å². The first-order valence-electron chi connectivity index (χ1n) is 14.4. The number of nitrogens with one attached hydrogen (secondary N) is 1. The smallest absolute Gasteiger partial charge is 0.243 e. The lowest BCUT2D eigenvalue weighted by atomic mass is 9.48. The van der Waals surface area contributed by atoms with Crippen molar-refractivity contribution in [1.82, 2.24) is 4.31 Å². The molecule has 4 saturated carbocycles. The Morgan fingerprint density at radius 2 is 1.58 bits per heavy atom. The van der Waals surface area contributed by atoms with Gasteiger partial charge in [-0.3, -0.25) is 4.79 Å². The van der Waals surface area contributed by atoms with Crippen molar-refractivity contribution in [3.63, 3.8) is 0 Å². The summed E-state index contributed by atoms with van der Waals surface area (Å²) in [5.74, 6) is 3.25. The standard InChI is InChI=1S/C31H40N2O4S/c1-37-29-11-10-28(38(35,36)33-13-3-2-4-14-33)18-25(29)5-12-30(34)32-27-8-6-26(7-9-27)31-19-22-15-23(20-31)17-24(16-22)21-31/h6-11,18,22-24H,2-5,12-17,19-21H2,1H3,(H,32,34). The molecular weight excluding hydrogens is 496 g/mol. The van der Waals surface area contributed by atoms with Gasteiger partial charge in [-0.1, -0.05) is 18.6 Å². The zero-order valence-corrected chi connectivity index (χ0v) is 23.3. The number of ether oxygens (including phenoxy) is 1. The molecule has 38 heavy (non-hydrogen) atoms. The van der Waals surface area contributed by atoms with Gasteiger partial charge in [-0.15, -0.1) is 0 Å². The van der Waals surface area contributed by atoms with Gasteiger partial charge < -0.3 is 10.1 Å². The van der Waals surface area contributed by atoms with E-state index < -0.39 is 10.0 Å². The van der Waals surface area contributed by atoms with E-state index in [1.54, 1.807) is 29.6 Å². The predicted molar refractivity (Wildman–Crippen MR) is 149 cm³/mol. The maximum absolute atomic E-state index is 13.2. The number of hydrogen-bond donors (Lipinski definition) is 1. The van der Waals surface area contributed by atoms with E-state index in [0.717, 1.165) is 48.3 Å². The quantitative estimate of drug-likeness (QED) is 0.455. The third-order valence-corrected chi connectivity index (χ3v) is 11.5. The van der Waals surface area contributed by atoms with Crippen LogP contribution in [0.25, 0.3) is 0 Å². The van der Waals surface area contributed by atoms with Crippen molar-refractivity contribution in [3.05, 3.63) is 53.6 Å². The number of nitrogens with zero attached hydrogens (tertiary/aromatic N) is 1. The maximum atomic E-state index is 13.2. The van der Waals surface area contributed by atoms with Gasteiger partial charge in [0.1, 0.15) is 5.75 Å². The molecule has 6 nitrogen and oxygen atoms in total. The summed E-state index contributed by atoms with van der Waals surface area (Å²) in [4.78, 5) is 13.1. The first-order chi connectivity index (χ1) is 18.3. The highest BCUT2D eigenvalue weighted by molar-refractivity contribution is 7.89. The minimum atomic E-state index is -3.54. The van der Waals surface area contributed by atoms with Crippen molar-refractivity contribution < 1.29 is 17.9 Å². The number of amides is 1. The molecular formula is C31H40N2O4S. The highest BCUT2D eigenvalue weighted by atomic mass is 32.2. The Bertz CT molecular complexity index is 1250. The van der Waals surface area contributed by atoms with Crippen molar-refractivity contribution in [2.45, 2.75) is 80.9 Å². The zero-order valence-electron chi connectivity index (χ0n) is 22.5. The number of carbonyl (C=O) groups excluding carboxylic acids is 1. The van der Waals surface area contributed by atoms with Crippen LogP contribution < -0.4 is 10.1 Å². The van der Waals surface area contributed by atoms with Crippen LogP contribution in [0.15, 0.2) is 47.4 Å². The summed E-state index contributed by atoms with van der Waals surface area (Å²) in [6, 6.07) is 13.6. The minimum Gasteiger partial charge on any atom is -0.496 e. The molecule has 204 valence electrons.